The van der Waals surface area contributed by atoms with Crippen molar-refractivity contribution in [2.45, 2.75) is 12.8 Å². The van der Waals surface area contributed by atoms with E-state index in [1.807, 2.05) is 0 Å². The molecule has 0 atom stereocenters. The molecule has 0 saturated carbocycles. The van der Waals surface area contributed by atoms with Gasteiger partial charge < -0.3 is 4.42 Å². The number of benzene rings is 1. The molecule has 17 heavy (non-hydrogen) atoms. The van der Waals surface area contributed by atoms with E-state index >= 15 is 0 Å². The predicted molar refractivity (Wildman–Crippen MR) is 62.9 cm³/mol. The van der Waals surface area contributed by atoms with Gasteiger partial charge in [-0.2, -0.15) is 0 Å². The van der Waals surface area contributed by atoms with Gasteiger partial charge >= 0.3 is 0 Å². The molecular weight excluding hydrogens is 244 g/mol. The number of oxazole rings is 1. The molecule has 0 fully saturated rings. The Morgan fingerprint density at radius 1 is 1.53 bits per heavy atom. The summed E-state index contributed by atoms with van der Waals surface area (Å²) >= 11 is 5.68. The number of aromatic nitrogens is 1. The fraction of sp³-hybridized carbons (Fsp3) is 0.182. The lowest BCUT2D eigenvalue weighted by molar-refractivity contribution is -0.384. The summed E-state index contributed by atoms with van der Waals surface area (Å²) in [6.45, 7) is 1.76. The van der Waals surface area contributed by atoms with Crippen molar-refractivity contribution in [1.29, 1.82) is 0 Å². The maximum absolute atomic E-state index is 10.6. The Bertz CT molecular complexity index is 566. The standard InChI is InChI=1S/C11H9ClN2O3/c1-7-10(6-12)13-11(17-7)8-3-2-4-9(5-8)14(15)16/h2-5H,6H2,1H3. The van der Waals surface area contributed by atoms with Gasteiger partial charge in [-0.15, -0.1) is 11.6 Å². The summed E-state index contributed by atoms with van der Waals surface area (Å²) in [7, 11) is 0. The molecule has 6 heteroatoms. The summed E-state index contributed by atoms with van der Waals surface area (Å²) in [5, 5.41) is 10.6. The summed E-state index contributed by atoms with van der Waals surface area (Å²) in [4.78, 5) is 14.4. The van der Waals surface area contributed by atoms with Crippen molar-refractivity contribution >= 4 is 17.3 Å². The van der Waals surface area contributed by atoms with Crippen LogP contribution in [-0.4, -0.2) is 9.91 Å². The number of halogens is 1. The molecule has 2 rings (SSSR count). The normalized spacial score (nSPS) is 10.5. The predicted octanol–water partition coefficient (Wildman–Crippen LogP) is 3.30. The lowest BCUT2D eigenvalue weighted by atomic mass is 10.2. The first-order valence-electron chi connectivity index (χ1n) is 4.89. The van der Waals surface area contributed by atoms with E-state index in [0.29, 0.717) is 22.9 Å². The van der Waals surface area contributed by atoms with Crippen LogP contribution in [0.2, 0.25) is 0 Å². The van der Waals surface area contributed by atoms with E-state index < -0.39 is 4.92 Å². The second-order valence-electron chi connectivity index (χ2n) is 3.46. The molecule has 88 valence electrons. The van der Waals surface area contributed by atoms with E-state index in [-0.39, 0.29) is 11.6 Å². The fourth-order valence-electron chi connectivity index (χ4n) is 1.43. The molecule has 0 aliphatic rings. The largest absolute Gasteiger partial charge is 0.441 e. The minimum absolute atomic E-state index is 0.00535. The Morgan fingerprint density at radius 2 is 2.29 bits per heavy atom. The van der Waals surface area contributed by atoms with Crippen LogP contribution in [0, 0.1) is 17.0 Å². The van der Waals surface area contributed by atoms with Crippen LogP contribution in [0.3, 0.4) is 0 Å². The molecule has 1 heterocycles. The molecule has 0 spiro atoms. The molecule has 0 bridgehead atoms. The SMILES string of the molecule is Cc1oc(-c2cccc([N+](=O)[O-])c2)nc1CCl. The molecule has 0 unspecified atom stereocenters. The number of nitro benzene ring substituents is 1. The van der Waals surface area contributed by atoms with Crippen LogP contribution in [-0.2, 0) is 5.88 Å². The van der Waals surface area contributed by atoms with Gasteiger partial charge in [0.25, 0.3) is 5.69 Å². The van der Waals surface area contributed by atoms with E-state index in [2.05, 4.69) is 4.98 Å². The van der Waals surface area contributed by atoms with Crippen LogP contribution in [0.5, 0.6) is 0 Å². The van der Waals surface area contributed by atoms with Gasteiger partial charge in [0, 0.05) is 17.7 Å². The third kappa shape index (κ3) is 2.29. The zero-order chi connectivity index (χ0) is 12.4. The van der Waals surface area contributed by atoms with Crippen molar-refractivity contribution in [3.8, 4) is 11.5 Å². The third-order valence-corrected chi connectivity index (χ3v) is 2.58. The second kappa shape index (κ2) is 4.55. The molecule has 0 N–H and O–H groups in total. The van der Waals surface area contributed by atoms with Crippen LogP contribution in [0.4, 0.5) is 5.69 Å². The van der Waals surface area contributed by atoms with Crippen molar-refractivity contribution in [3.05, 3.63) is 45.8 Å². The first kappa shape index (κ1) is 11.6. The summed E-state index contributed by atoms with van der Waals surface area (Å²) in [6, 6.07) is 6.13. The van der Waals surface area contributed by atoms with Crippen LogP contribution in [0.1, 0.15) is 11.5 Å². The first-order valence-corrected chi connectivity index (χ1v) is 5.42. The van der Waals surface area contributed by atoms with E-state index in [1.165, 1.54) is 12.1 Å². The van der Waals surface area contributed by atoms with Gasteiger partial charge in [0.2, 0.25) is 5.89 Å². The average Bonchev–Trinajstić information content (AvgIpc) is 2.71. The average molecular weight is 253 g/mol. The molecular formula is C11H9ClN2O3. The Morgan fingerprint density at radius 3 is 2.88 bits per heavy atom. The van der Waals surface area contributed by atoms with E-state index in [9.17, 15) is 10.1 Å². The van der Waals surface area contributed by atoms with Crippen molar-refractivity contribution < 1.29 is 9.34 Å². The molecule has 1 aromatic heterocycles. The summed E-state index contributed by atoms with van der Waals surface area (Å²) in [6.07, 6.45) is 0. The van der Waals surface area contributed by atoms with Gasteiger partial charge in [0.05, 0.1) is 16.5 Å². The van der Waals surface area contributed by atoms with E-state index in [1.54, 1.807) is 19.1 Å². The van der Waals surface area contributed by atoms with Crippen molar-refractivity contribution in [3.63, 3.8) is 0 Å². The van der Waals surface area contributed by atoms with Crippen molar-refractivity contribution in [2.24, 2.45) is 0 Å². The summed E-state index contributed by atoms with van der Waals surface area (Å²) in [5.74, 6) is 1.23. The lowest BCUT2D eigenvalue weighted by Gasteiger charge is -1.95. The molecule has 2 aromatic rings. The number of hydrogen-bond acceptors (Lipinski definition) is 4. The van der Waals surface area contributed by atoms with E-state index in [4.69, 9.17) is 16.0 Å². The van der Waals surface area contributed by atoms with Gasteiger partial charge in [0.15, 0.2) is 0 Å². The third-order valence-electron chi connectivity index (χ3n) is 2.32. The smallest absolute Gasteiger partial charge is 0.270 e. The first-order chi connectivity index (χ1) is 8.11. The van der Waals surface area contributed by atoms with Gasteiger partial charge in [-0.3, -0.25) is 10.1 Å². The quantitative estimate of drug-likeness (QED) is 0.477. The molecule has 0 saturated heterocycles. The number of alkyl halides is 1. The Balaban J connectivity index is 2.45. The van der Waals surface area contributed by atoms with E-state index in [0.717, 1.165) is 0 Å². The van der Waals surface area contributed by atoms with Gasteiger partial charge in [-0.1, -0.05) is 6.07 Å². The molecule has 1 aromatic carbocycles. The fourth-order valence-corrected chi connectivity index (χ4v) is 1.68. The maximum atomic E-state index is 10.6. The number of nitro groups is 1. The van der Waals surface area contributed by atoms with Gasteiger partial charge in [-0.25, -0.2) is 4.98 Å². The molecule has 0 aliphatic carbocycles. The van der Waals surface area contributed by atoms with Gasteiger partial charge in [-0.05, 0) is 13.0 Å². The van der Waals surface area contributed by atoms with Crippen LogP contribution in [0.25, 0.3) is 11.5 Å². The van der Waals surface area contributed by atoms with Crippen molar-refractivity contribution in [2.75, 3.05) is 0 Å². The van der Waals surface area contributed by atoms with Crippen LogP contribution < -0.4 is 0 Å². The molecule has 0 aliphatic heterocycles. The van der Waals surface area contributed by atoms with Gasteiger partial charge in [0.1, 0.15) is 5.76 Å². The highest BCUT2D eigenvalue weighted by atomic mass is 35.5. The van der Waals surface area contributed by atoms with Crippen LogP contribution >= 0.6 is 11.6 Å². The zero-order valence-electron chi connectivity index (χ0n) is 9.01. The Kier molecular flexibility index (Phi) is 3.10. The number of hydrogen-bond donors (Lipinski definition) is 0. The number of aryl methyl sites for hydroxylation is 1. The highest BCUT2D eigenvalue weighted by molar-refractivity contribution is 6.16. The molecule has 5 nitrogen and oxygen atoms in total. The summed E-state index contributed by atoms with van der Waals surface area (Å²) in [5.41, 5.74) is 1.22. The number of non-ortho nitro benzene ring substituents is 1. The minimum Gasteiger partial charge on any atom is -0.441 e. The highest BCUT2D eigenvalue weighted by Crippen LogP contribution is 2.25. The zero-order valence-corrected chi connectivity index (χ0v) is 9.77. The lowest BCUT2D eigenvalue weighted by Crippen LogP contribution is -1.88. The molecule has 0 radical (unpaired) electrons. The van der Waals surface area contributed by atoms with Crippen molar-refractivity contribution in [1.82, 2.24) is 4.98 Å². The Hall–Kier alpha value is -1.88. The summed E-state index contributed by atoms with van der Waals surface area (Å²) < 4.78 is 5.41. The number of nitrogens with zero attached hydrogens (tertiary/aromatic N) is 2. The second-order valence-corrected chi connectivity index (χ2v) is 3.73. The number of rotatable bonds is 3. The van der Waals surface area contributed by atoms with Crippen LogP contribution in [0.15, 0.2) is 28.7 Å². The monoisotopic (exact) mass is 252 g/mol. The maximum Gasteiger partial charge on any atom is 0.270 e. The molecule has 0 amide bonds. The topological polar surface area (TPSA) is 69.2 Å². The minimum atomic E-state index is -0.457. The highest BCUT2D eigenvalue weighted by Gasteiger charge is 2.13. The Labute approximate surface area is 102 Å².